The standard InChI is InChI=1S/C18H22IN5O4/c19-24-5-3-12(4-6-24)20-9-18(16(27)21-17(28)22-18)10-23-8-11-7-13(25)1-2-14(11)15(23)26/h1-2,7,12,20,25H,3-6,8-10H2,(H2,21,22,27,28). The Balaban J connectivity index is 1.49. The second-order valence-electron chi connectivity index (χ2n) is 7.56. The number of hydrogen-bond donors (Lipinski definition) is 4. The molecule has 0 spiro atoms. The summed E-state index contributed by atoms with van der Waals surface area (Å²) in [5, 5.41) is 18.1. The van der Waals surface area contributed by atoms with Crippen molar-refractivity contribution in [2.75, 3.05) is 26.2 Å². The smallest absolute Gasteiger partial charge is 0.322 e. The fourth-order valence-electron chi connectivity index (χ4n) is 4.01. The molecule has 1 unspecified atom stereocenters. The molecule has 0 aliphatic carbocycles. The van der Waals surface area contributed by atoms with Gasteiger partial charge in [0.1, 0.15) is 5.75 Å². The van der Waals surface area contributed by atoms with Crippen LogP contribution in [-0.4, -0.2) is 68.7 Å². The first-order valence-electron chi connectivity index (χ1n) is 9.25. The number of amides is 4. The van der Waals surface area contributed by atoms with Crippen LogP contribution in [0.3, 0.4) is 0 Å². The van der Waals surface area contributed by atoms with Crippen molar-refractivity contribution in [1.29, 1.82) is 0 Å². The molecule has 3 heterocycles. The molecule has 10 heteroatoms. The minimum Gasteiger partial charge on any atom is -0.508 e. The van der Waals surface area contributed by atoms with Crippen LogP contribution in [0.5, 0.6) is 5.75 Å². The summed E-state index contributed by atoms with van der Waals surface area (Å²) < 4.78 is 2.23. The number of carbonyl (C=O) groups excluding carboxylic acids is 3. The average molecular weight is 499 g/mol. The second kappa shape index (κ2) is 7.48. The summed E-state index contributed by atoms with van der Waals surface area (Å²) >= 11 is 2.30. The van der Waals surface area contributed by atoms with E-state index in [2.05, 4.69) is 41.9 Å². The lowest BCUT2D eigenvalue weighted by Gasteiger charge is -2.34. The number of carbonyl (C=O) groups is 3. The molecule has 4 rings (SSSR count). The summed E-state index contributed by atoms with van der Waals surface area (Å²) in [6, 6.07) is 4.33. The van der Waals surface area contributed by atoms with Crippen molar-refractivity contribution in [3.8, 4) is 5.75 Å². The Bertz CT molecular complexity index is 826. The van der Waals surface area contributed by atoms with Gasteiger partial charge in [0.2, 0.25) is 0 Å². The van der Waals surface area contributed by atoms with Gasteiger partial charge in [0.25, 0.3) is 11.8 Å². The molecule has 4 N–H and O–H groups in total. The number of nitrogens with one attached hydrogen (secondary N) is 3. The van der Waals surface area contributed by atoms with E-state index >= 15 is 0 Å². The van der Waals surface area contributed by atoms with Crippen LogP contribution in [-0.2, 0) is 11.3 Å². The number of aromatic hydroxyl groups is 1. The maximum absolute atomic E-state index is 12.7. The van der Waals surface area contributed by atoms with Crippen molar-refractivity contribution in [3.05, 3.63) is 29.3 Å². The number of urea groups is 1. The van der Waals surface area contributed by atoms with Crippen LogP contribution in [0.15, 0.2) is 18.2 Å². The Morgan fingerprint density at radius 1 is 1.25 bits per heavy atom. The lowest BCUT2D eigenvalue weighted by Crippen LogP contribution is -2.62. The molecule has 1 atom stereocenters. The predicted octanol–water partition coefficient (Wildman–Crippen LogP) is 0.330. The number of piperidine rings is 1. The highest BCUT2D eigenvalue weighted by molar-refractivity contribution is 14.1. The highest BCUT2D eigenvalue weighted by atomic mass is 127. The van der Waals surface area contributed by atoms with Crippen LogP contribution >= 0.6 is 22.9 Å². The van der Waals surface area contributed by atoms with E-state index < -0.39 is 17.5 Å². The van der Waals surface area contributed by atoms with E-state index in [1.807, 2.05) is 0 Å². The van der Waals surface area contributed by atoms with Crippen LogP contribution in [0.1, 0.15) is 28.8 Å². The number of hydrogen-bond acceptors (Lipinski definition) is 6. The number of fused-ring (bicyclic) bond motifs is 1. The van der Waals surface area contributed by atoms with Gasteiger partial charge in [-0.05, 0) is 36.6 Å². The van der Waals surface area contributed by atoms with Crippen LogP contribution in [0.25, 0.3) is 0 Å². The molecule has 3 aliphatic rings. The van der Waals surface area contributed by atoms with Crippen LogP contribution in [0.4, 0.5) is 4.79 Å². The van der Waals surface area contributed by atoms with Crippen molar-refractivity contribution in [2.24, 2.45) is 0 Å². The Morgan fingerprint density at radius 3 is 2.68 bits per heavy atom. The van der Waals surface area contributed by atoms with Gasteiger partial charge in [0.15, 0.2) is 5.54 Å². The molecule has 9 nitrogen and oxygen atoms in total. The summed E-state index contributed by atoms with van der Waals surface area (Å²) in [5.41, 5.74) is 0.0190. The molecule has 0 aromatic heterocycles. The largest absolute Gasteiger partial charge is 0.508 e. The second-order valence-corrected chi connectivity index (χ2v) is 8.92. The fourth-order valence-corrected chi connectivity index (χ4v) is 4.57. The first-order chi connectivity index (χ1) is 13.4. The van der Waals surface area contributed by atoms with Gasteiger partial charge in [-0.3, -0.25) is 14.9 Å². The highest BCUT2D eigenvalue weighted by Gasteiger charge is 2.49. The van der Waals surface area contributed by atoms with E-state index in [-0.39, 0.29) is 30.8 Å². The Morgan fingerprint density at radius 2 is 2.00 bits per heavy atom. The van der Waals surface area contributed by atoms with Crippen LogP contribution < -0.4 is 16.0 Å². The third-order valence-corrected chi connectivity index (χ3v) is 6.54. The van der Waals surface area contributed by atoms with Crippen molar-refractivity contribution >= 4 is 40.7 Å². The average Bonchev–Trinajstić information content (AvgIpc) is 3.10. The molecule has 2 saturated heterocycles. The Kier molecular flexibility index (Phi) is 5.19. The molecule has 3 aliphatic heterocycles. The zero-order valence-corrected chi connectivity index (χ0v) is 17.4. The number of nitrogens with zero attached hydrogens (tertiary/aromatic N) is 2. The highest BCUT2D eigenvalue weighted by Crippen LogP contribution is 2.28. The lowest BCUT2D eigenvalue weighted by atomic mass is 9.97. The molecule has 1 aromatic rings. The fraction of sp³-hybridized carbons (Fsp3) is 0.500. The Labute approximate surface area is 176 Å². The maximum atomic E-state index is 12.7. The number of phenolic OH excluding ortho intramolecular Hbond substituents is 1. The van der Waals surface area contributed by atoms with Gasteiger partial charge in [0, 0.05) is 60.6 Å². The number of rotatable bonds is 5. The molecule has 2 fully saturated rings. The van der Waals surface area contributed by atoms with E-state index in [0.717, 1.165) is 25.9 Å². The molecule has 0 bridgehead atoms. The summed E-state index contributed by atoms with van der Waals surface area (Å²) in [4.78, 5) is 38.8. The van der Waals surface area contributed by atoms with Crippen molar-refractivity contribution in [3.63, 3.8) is 0 Å². The molecule has 150 valence electrons. The third kappa shape index (κ3) is 3.67. The van der Waals surface area contributed by atoms with E-state index in [0.29, 0.717) is 17.7 Å². The topological polar surface area (TPSA) is 114 Å². The van der Waals surface area contributed by atoms with Gasteiger partial charge in [-0.15, -0.1) is 0 Å². The van der Waals surface area contributed by atoms with E-state index in [4.69, 9.17) is 0 Å². The van der Waals surface area contributed by atoms with Gasteiger partial charge >= 0.3 is 6.03 Å². The van der Waals surface area contributed by atoms with E-state index in [1.165, 1.54) is 6.07 Å². The first kappa shape index (κ1) is 19.4. The molecule has 0 radical (unpaired) electrons. The van der Waals surface area contributed by atoms with E-state index in [9.17, 15) is 19.5 Å². The summed E-state index contributed by atoms with van der Waals surface area (Å²) in [6.45, 7) is 2.54. The zero-order valence-electron chi connectivity index (χ0n) is 15.2. The van der Waals surface area contributed by atoms with Crippen molar-refractivity contribution in [1.82, 2.24) is 24.0 Å². The number of benzene rings is 1. The normalized spacial score (nSPS) is 25.8. The Hall–Kier alpha value is -1.92. The van der Waals surface area contributed by atoms with Gasteiger partial charge in [-0.1, -0.05) is 0 Å². The molecule has 1 aromatic carbocycles. The summed E-state index contributed by atoms with van der Waals surface area (Å²) in [5.74, 6) is -0.539. The lowest BCUT2D eigenvalue weighted by molar-refractivity contribution is -0.124. The minimum atomic E-state index is -1.21. The molecular weight excluding hydrogens is 477 g/mol. The zero-order chi connectivity index (χ0) is 19.9. The maximum Gasteiger partial charge on any atom is 0.322 e. The molecular formula is C18H22IN5O4. The molecule has 0 saturated carbocycles. The third-order valence-electron chi connectivity index (χ3n) is 5.58. The molecule has 28 heavy (non-hydrogen) atoms. The monoisotopic (exact) mass is 499 g/mol. The van der Waals surface area contributed by atoms with Crippen LogP contribution in [0, 0.1) is 0 Å². The first-order valence-corrected chi connectivity index (χ1v) is 10.2. The van der Waals surface area contributed by atoms with Gasteiger partial charge in [-0.25, -0.2) is 7.91 Å². The van der Waals surface area contributed by atoms with Crippen LogP contribution in [0.2, 0.25) is 0 Å². The van der Waals surface area contributed by atoms with Crippen molar-refractivity contribution < 1.29 is 19.5 Å². The van der Waals surface area contributed by atoms with Crippen molar-refractivity contribution in [2.45, 2.75) is 31.0 Å². The van der Waals surface area contributed by atoms with Gasteiger partial charge in [-0.2, -0.15) is 0 Å². The number of halogens is 1. The number of imide groups is 1. The molecule has 4 amide bonds. The predicted molar refractivity (Wildman–Crippen MR) is 109 cm³/mol. The quantitative estimate of drug-likeness (QED) is 0.264. The summed E-state index contributed by atoms with van der Waals surface area (Å²) in [6.07, 6.45) is 1.92. The van der Waals surface area contributed by atoms with Gasteiger partial charge in [0.05, 0.1) is 6.54 Å². The number of phenols is 1. The summed E-state index contributed by atoms with van der Waals surface area (Å²) in [7, 11) is 0. The van der Waals surface area contributed by atoms with Gasteiger partial charge < -0.3 is 20.6 Å². The minimum absolute atomic E-state index is 0.0664. The SMILES string of the molecule is O=C1NC(=O)C(CNC2CCN(I)CC2)(CN2Cc3cc(O)ccc3C2=O)N1. The van der Waals surface area contributed by atoms with E-state index in [1.54, 1.807) is 17.0 Å².